The first-order valence-corrected chi connectivity index (χ1v) is 12.2. The van der Waals surface area contributed by atoms with Gasteiger partial charge in [0.1, 0.15) is 11.3 Å². The van der Waals surface area contributed by atoms with Gasteiger partial charge in [0.05, 0.1) is 19.1 Å². The SMILES string of the molecule is COc1cc2c(cc1OC)CN(C(=O)c1ccc(-c3ccc(NC(=O)c4ccccc4[N+](=O)[O-])cc3)o1)CC2. The van der Waals surface area contributed by atoms with Gasteiger partial charge in [-0.05, 0) is 72.1 Å². The molecule has 10 nitrogen and oxygen atoms in total. The zero-order valence-corrected chi connectivity index (χ0v) is 21.3. The highest BCUT2D eigenvalue weighted by atomic mass is 16.6. The van der Waals surface area contributed by atoms with Crippen molar-refractivity contribution in [3.63, 3.8) is 0 Å². The number of anilines is 1. The maximum absolute atomic E-state index is 13.2. The van der Waals surface area contributed by atoms with Crippen molar-refractivity contribution in [2.75, 3.05) is 26.1 Å². The molecule has 0 radical (unpaired) electrons. The Labute approximate surface area is 223 Å². The van der Waals surface area contributed by atoms with Crippen molar-refractivity contribution in [2.24, 2.45) is 0 Å². The number of hydrogen-bond acceptors (Lipinski definition) is 7. The van der Waals surface area contributed by atoms with Gasteiger partial charge in [-0.2, -0.15) is 0 Å². The molecule has 5 rings (SSSR count). The molecule has 0 aliphatic carbocycles. The van der Waals surface area contributed by atoms with Crippen LogP contribution in [0.2, 0.25) is 0 Å². The number of fused-ring (bicyclic) bond motifs is 1. The van der Waals surface area contributed by atoms with E-state index >= 15 is 0 Å². The van der Waals surface area contributed by atoms with Gasteiger partial charge in [0, 0.05) is 30.4 Å². The molecule has 0 saturated heterocycles. The monoisotopic (exact) mass is 527 g/mol. The lowest BCUT2D eigenvalue weighted by Gasteiger charge is -2.29. The van der Waals surface area contributed by atoms with Gasteiger partial charge in [-0.15, -0.1) is 0 Å². The van der Waals surface area contributed by atoms with Crippen LogP contribution < -0.4 is 14.8 Å². The number of carbonyl (C=O) groups is 2. The third kappa shape index (κ3) is 5.17. The number of methoxy groups -OCH3 is 2. The predicted octanol–water partition coefficient (Wildman–Crippen LogP) is 5.32. The molecular weight excluding hydrogens is 502 g/mol. The number of hydrogen-bond donors (Lipinski definition) is 1. The molecule has 4 aromatic rings. The second kappa shape index (κ2) is 10.7. The summed E-state index contributed by atoms with van der Waals surface area (Å²) in [6.45, 7) is 0.976. The van der Waals surface area contributed by atoms with Gasteiger partial charge >= 0.3 is 0 Å². The van der Waals surface area contributed by atoms with Gasteiger partial charge in [0.25, 0.3) is 17.5 Å². The molecule has 3 aromatic carbocycles. The second-order valence-corrected chi connectivity index (χ2v) is 8.92. The molecule has 1 aromatic heterocycles. The molecule has 0 saturated carbocycles. The molecule has 0 atom stereocenters. The average molecular weight is 528 g/mol. The fourth-order valence-corrected chi connectivity index (χ4v) is 4.56. The fourth-order valence-electron chi connectivity index (χ4n) is 4.56. The van der Waals surface area contributed by atoms with E-state index in [4.69, 9.17) is 13.9 Å². The number of amides is 2. The third-order valence-corrected chi connectivity index (χ3v) is 6.59. The predicted molar refractivity (Wildman–Crippen MR) is 143 cm³/mol. The summed E-state index contributed by atoms with van der Waals surface area (Å²) < 4.78 is 16.7. The van der Waals surface area contributed by atoms with Gasteiger partial charge in [-0.25, -0.2) is 0 Å². The topological polar surface area (TPSA) is 124 Å². The molecule has 0 bridgehead atoms. The Balaban J connectivity index is 1.27. The lowest BCUT2D eigenvalue weighted by atomic mass is 9.98. The molecule has 2 heterocycles. The molecule has 1 aliphatic heterocycles. The van der Waals surface area contributed by atoms with Crippen molar-refractivity contribution < 1.29 is 28.4 Å². The first-order valence-electron chi connectivity index (χ1n) is 12.2. The first kappa shape index (κ1) is 25.5. The quantitative estimate of drug-likeness (QED) is 0.255. The van der Waals surface area contributed by atoms with E-state index in [0.29, 0.717) is 48.0 Å². The van der Waals surface area contributed by atoms with E-state index in [0.717, 1.165) is 11.1 Å². The van der Waals surface area contributed by atoms with Crippen LogP contribution in [0.3, 0.4) is 0 Å². The number of para-hydroxylation sites is 1. The number of nitrogens with zero attached hydrogens (tertiary/aromatic N) is 2. The number of nitro groups is 1. The normalized spacial score (nSPS) is 12.4. The summed E-state index contributed by atoms with van der Waals surface area (Å²) in [6, 6.07) is 19.8. The van der Waals surface area contributed by atoms with Crippen molar-refractivity contribution in [1.82, 2.24) is 4.90 Å². The summed E-state index contributed by atoms with van der Waals surface area (Å²) in [4.78, 5) is 38.1. The Morgan fingerprint density at radius 2 is 1.64 bits per heavy atom. The molecule has 0 spiro atoms. The Morgan fingerprint density at radius 3 is 2.33 bits per heavy atom. The van der Waals surface area contributed by atoms with Gasteiger partial charge < -0.3 is 24.1 Å². The largest absolute Gasteiger partial charge is 0.493 e. The number of ether oxygens (including phenoxy) is 2. The minimum atomic E-state index is -0.593. The first-order chi connectivity index (χ1) is 18.9. The van der Waals surface area contributed by atoms with Crippen molar-refractivity contribution in [3.05, 3.63) is 105 Å². The van der Waals surface area contributed by atoms with Crippen LogP contribution in [0.5, 0.6) is 11.5 Å². The van der Waals surface area contributed by atoms with Gasteiger partial charge in [0.2, 0.25) is 0 Å². The molecule has 10 heteroatoms. The van der Waals surface area contributed by atoms with E-state index in [1.54, 1.807) is 61.6 Å². The average Bonchev–Trinajstić information content (AvgIpc) is 3.46. The van der Waals surface area contributed by atoms with Crippen LogP contribution in [0.4, 0.5) is 11.4 Å². The summed E-state index contributed by atoms with van der Waals surface area (Å²) in [7, 11) is 3.18. The molecular formula is C29H25N3O7. The molecule has 1 N–H and O–H groups in total. The highest BCUT2D eigenvalue weighted by Gasteiger charge is 2.26. The Hall–Kier alpha value is -5.12. The number of nitrogens with one attached hydrogen (secondary N) is 1. The highest BCUT2D eigenvalue weighted by Crippen LogP contribution is 2.34. The van der Waals surface area contributed by atoms with Crippen LogP contribution in [0, 0.1) is 10.1 Å². The smallest absolute Gasteiger partial charge is 0.289 e. The molecule has 2 amide bonds. The lowest BCUT2D eigenvalue weighted by molar-refractivity contribution is -0.385. The second-order valence-electron chi connectivity index (χ2n) is 8.92. The maximum Gasteiger partial charge on any atom is 0.289 e. The number of benzene rings is 3. The molecule has 0 unspecified atom stereocenters. The van der Waals surface area contributed by atoms with E-state index in [1.165, 1.54) is 18.2 Å². The van der Waals surface area contributed by atoms with Crippen LogP contribution in [0.15, 0.2) is 77.2 Å². The number of furan rings is 1. The third-order valence-electron chi connectivity index (χ3n) is 6.59. The highest BCUT2D eigenvalue weighted by molar-refractivity contribution is 6.07. The van der Waals surface area contributed by atoms with Gasteiger partial charge in [-0.3, -0.25) is 19.7 Å². The van der Waals surface area contributed by atoms with Crippen molar-refractivity contribution in [1.29, 1.82) is 0 Å². The number of carbonyl (C=O) groups excluding carboxylic acids is 2. The van der Waals surface area contributed by atoms with Crippen LogP contribution in [0.25, 0.3) is 11.3 Å². The standard InChI is InChI=1S/C29H25N3O7/c1-37-26-15-19-13-14-31(17-20(19)16-27(26)38-2)29(34)25-12-11-24(39-25)18-7-9-21(10-8-18)30-28(33)22-5-3-4-6-23(22)32(35)36/h3-12,15-16H,13-14,17H2,1-2H3,(H,30,33). The summed E-state index contributed by atoms with van der Waals surface area (Å²) in [6.07, 6.45) is 0.689. The lowest BCUT2D eigenvalue weighted by Crippen LogP contribution is -2.35. The van der Waals surface area contributed by atoms with E-state index in [2.05, 4.69) is 5.32 Å². The number of rotatable bonds is 7. The van der Waals surface area contributed by atoms with Crippen molar-refractivity contribution in [3.8, 4) is 22.8 Å². The van der Waals surface area contributed by atoms with E-state index in [9.17, 15) is 19.7 Å². The Morgan fingerprint density at radius 1 is 0.949 bits per heavy atom. The molecule has 1 aliphatic rings. The minimum absolute atomic E-state index is 0.0290. The van der Waals surface area contributed by atoms with Crippen LogP contribution >= 0.6 is 0 Å². The summed E-state index contributed by atoms with van der Waals surface area (Å²) in [5.74, 6) is 1.21. The van der Waals surface area contributed by atoms with Crippen molar-refractivity contribution in [2.45, 2.75) is 13.0 Å². The van der Waals surface area contributed by atoms with E-state index in [1.807, 2.05) is 12.1 Å². The van der Waals surface area contributed by atoms with E-state index < -0.39 is 10.8 Å². The minimum Gasteiger partial charge on any atom is -0.493 e. The van der Waals surface area contributed by atoms with Crippen LogP contribution in [0.1, 0.15) is 32.0 Å². The molecule has 0 fully saturated rings. The van der Waals surface area contributed by atoms with Crippen LogP contribution in [-0.4, -0.2) is 42.4 Å². The van der Waals surface area contributed by atoms with Gasteiger partial charge in [0.15, 0.2) is 17.3 Å². The summed E-state index contributed by atoms with van der Waals surface area (Å²) in [5, 5.41) is 13.9. The van der Waals surface area contributed by atoms with Gasteiger partial charge in [-0.1, -0.05) is 12.1 Å². The zero-order valence-electron chi connectivity index (χ0n) is 21.3. The zero-order chi connectivity index (χ0) is 27.5. The number of nitro benzene ring substituents is 1. The summed E-state index contributed by atoms with van der Waals surface area (Å²) >= 11 is 0. The van der Waals surface area contributed by atoms with Crippen molar-refractivity contribution >= 4 is 23.2 Å². The Kier molecular flexibility index (Phi) is 7.00. The van der Waals surface area contributed by atoms with Crippen LogP contribution in [-0.2, 0) is 13.0 Å². The molecule has 198 valence electrons. The maximum atomic E-state index is 13.2. The van der Waals surface area contributed by atoms with E-state index in [-0.39, 0.29) is 22.9 Å². The Bertz CT molecular complexity index is 1560. The summed E-state index contributed by atoms with van der Waals surface area (Å²) in [5.41, 5.74) is 2.99. The fraction of sp³-hybridized carbons (Fsp3) is 0.172. The molecule has 39 heavy (non-hydrogen) atoms.